The van der Waals surface area contributed by atoms with Crippen molar-refractivity contribution < 1.29 is 0 Å². The van der Waals surface area contributed by atoms with Gasteiger partial charge >= 0.3 is 0 Å². The minimum Gasteiger partial charge on any atom is -0.344 e. The monoisotopic (exact) mass is 265 g/mol. The van der Waals surface area contributed by atoms with Gasteiger partial charge < -0.3 is 6.15 Å². The summed E-state index contributed by atoms with van der Waals surface area (Å²) >= 11 is 3.36. The van der Waals surface area contributed by atoms with E-state index in [0.29, 0.717) is 0 Å². The average molecular weight is 266 g/mol. The van der Waals surface area contributed by atoms with E-state index >= 15 is 0 Å². The molecule has 2 aromatic carbocycles. The Bertz CT molecular complexity index is 294. The maximum atomic E-state index is 3.36. The van der Waals surface area contributed by atoms with Crippen LogP contribution in [0.1, 0.15) is 5.56 Å². The van der Waals surface area contributed by atoms with Crippen LogP contribution in [-0.4, -0.2) is 0 Å². The van der Waals surface area contributed by atoms with Crippen LogP contribution in [0.25, 0.3) is 0 Å². The van der Waals surface area contributed by atoms with E-state index in [1.807, 2.05) is 54.6 Å². The molecule has 2 rings (SSSR count). The number of hydrogen-bond donors (Lipinski definition) is 1. The van der Waals surface area contributed by atoms with Crippen molar-refractivity contribution in [2.75, 3.05) is 0 Å². The van der Waals surface area contributed by atoms with Gasteiger partial charge in [-0.3, -0.25) is 0 Å². The highest BCUT2D eigenvalue weighted by Crippen LogP contribution is 2.02. The molecule has 0 aliphatic rings. The van der Waals surface area contributed by atoms with Gasteiger partial charge in [0.15, 0.2) is 0 Å². The van der Waals surface area contributed by atoms with E-state index in [9.17, 15) is 0 Å². The summed E-state index contributed by atoms with van der Waals surface area (Å²) in [6, 6.07) is 22.3. The van der Waals surface area contributed by atoms with Gasteiger partial charge in [-0.1, -0.05) is 82.7 Å². The molecule has 80 valence electrons. The smallest absolute Gasteiger partial charge is 0.0283 e. The van der Waals surface area contributed by atoms with Gasteiger partial charge in [0.1, 0.15) is 0 Å². The zero-order chi connectivity index (χ0) is 10.1. The predicted octanol–water partition coefficient (Wildman–Crippen LogP) is 4.43. The molecule has 0 aliphatic carbocycles. The Hall–Kier alpha value is -1.12. The molecule has 15 heavy (non-hydrogen) atoms. The number of alkyl halides is 1. The van der Waals surface area contributed by atoms with Gasteiger partial charge in [-0.25, -0.2) is 0 Å². The second-order valence-corrected chi connectivity index (χ2v) is 3.33. The van der Waals surface area contributed by atoms with E-state index in [1.54, 1.807) is 0 Å². The Balaban J connectivity index is 0.000000253. The Morgan fingerprint density at radius 2 is 1.00 bits per heavy atom. The lowest BCUT2D eigenvalue weighted by Gasteiger charge is -1.88. The fourth-order valence-electron chi connectivity index (χ4n) is 0.952. The minimum absolute atomic E-state index is 0. The fourth-order valence-corrected chi connectivity index (χ4v) is 1.33. The largest absolute Gasteiger partial charge is 0.344 e. The number of rotatable bonds is 1. The highest BCUT2D eigenvalue weighted by atomic mass is 79.9. The first kappa shape index (κ1) is 13.9. The third kappa shape index (κ3) is 6.89. The van der Waals surface area contributed by atoms with E-state index in [-0.39, 0.29) is 6.15 Å². The van der Waals surface area contributed by atoms with Gasteiger partial charge in [0, 0.05) is 5.33 Å². The molecule has 2 aromatic rings. The van der Waals surface area contributed by atoms with Gasteiger partial charge in [0.25, 0.3) is 0 Å². The summed E-state index contributed by atoms with van der Waals surface area (Å²) in [5, 5.41) is 0.952. The van der Waals surface area contributed by atoms with Crippen molar-refractivity contribution in [3.63, 3.8) is 0 Å². The van der Waals surface area contributed by atoms with Crippen LogP contribution < -0.4 is 6.15 Å². The maximum absolute atomic E-state index is 3.36. The summed E-state index contributed by atoms with van der Waals surface area (Å²) in [6.45, 7) is 0. The standard InChI is InChI=1S/C7H7Br.C6H6.H3N/c8-6-7-4-2-1-3-5-7;1-2-4-6-5-3-1;/h1-5H,6H2;1-6H;1H3. The lowest BCUT2D eigenvalue weighted by Crippen LogP contribution is -1.70. The van der Waals surface area contributed by atoms with Crippen LogP contribution in [0.2, 0.25) is 0 Å². The molecule has 0 saturated heterocycles. The molecule has 3 N–H and O–H groups in total. The summed E-state index contributed by atoms with van der Waals surface area (Å²) in [5.74, 6) is 0. The third-order valence-corrected chi connectivity index (χ3v) is 2.31. The van der Waals surface area contributed by atoms with E-state index in [2.05, 4.69) is 28.1 Å². The van der Waals surface area contributed by atoms with Crippen LogP contribution in [0.5, 0.6) is 0 Å². The van der Waals surface area contributed by atoms with Crippen LogP contribution in [0, 0.1) is 0 Å². The fraction of sp³-hybridized carbons (Fsp3) is 0.0769. The van der Waals surface area contributed by atoms with Crippen molar-refractivity contribution in [2.45, 2.75) is 5.33 Å². The van der Waals surface area contributed by atoms with Gasteiger partial charge in [-0.05, 0) is 5.56 Å². The van der Waals surface area contributed by atoms with Gasteiger partial charge in [0.2, 0.25) is 0 Å². The summed E-state index contributed by atoms with van der Waals surface area (Å²) in [5.41, 5.74) is 1.33. The summed E-state index contributed by atoms with van der Waals surface area (Å²) in [6.07, 6.45) is 0. The molecule has 1 nitrogen and oxygen atoms in total. The first-order valence-corrected chi connectivity index (χ1v) is 5.65. The molecule has 0 atom stereocenters. The van der Waals surface area contributed by atoms with Crippen molar-refractivity contribution in [1.82, 2.24) is 6.15 Å². The molecule has 0 radical (unpaired) electrons. The van der Waals surface area contributed by atoms with E-state index in [0.717, 1.165) is 5.33 Å². The topological polar surface area (TPSA) is 35.0 Å². The zero-order valence-electron chi connectivity index (χ0n) is 8.64. The minimum atomic E-state index is 0. The molecule has 0 unspecified atom stereocenters. The zero-order valence-corrected chi connectivity index (χ0v) is 10.2. The predicted molar refractivity (Wildman–Crippen MR) is 70.5 cm³/mol. The Morgan fingerprint density at radius 1 is 0.667 bits per heavy atom. The quantitative estimate of drug-likeness (QED) is 0.761. The van der Waals surface area contributed by atoms with E-state index < -0.39 is 0 Å². The van der Waals surface area contributed by atoms with Gasteiger partial charge in [0.05, 0.1) is 0 Å². The second kappa shape index (κ2) is 9.44. The first-order valence-electron chi connectivity index (χ1n) is 4.53. The normalized spacial score (nSPS) is 8.07. The molecule has 0 fully saturated rings. The van der Waals surface area contributed by atoms with Crippen LogP contribution in [0.3, 0.4) is 0 Å². The number of hydrogen-bond acceptors (Lipinski definition) is 1. The molecule has 0 amide bonds. The Morgan fingerprint density at radius 3 is 1.27 bits per heavy atom. The van der Waals surface area contributed by atoms with Crippen molar-refractivity contribution in [1.29, 1.82) is 0 Å². The molecule has 0 saturated carbocycles. The highest BCUT2D eigenvalue weighted by Gasteiger charge is 1.81. The summed E-state index contributed by atoms with van der Waals surface area (Å²) in [7, 11) is 0. The van der Waals surface area contributed by atoms with Gasteiger partial charge in [-0.2, -0.15) is 0 Å². The van der Waals surface area contributed by atoms with Gasteiger partial charge in [-0.15, -0.1) is 0 Å². The van der Waals surface area contributed by atoms with Crippen molar-refractivity contribution in [3.8, 4) is 0 Å². The summed E-state index contributed by atoms with van der Waals surface area (Å²) < 4.78 is 0. The molecule has 2 heteroatoms. The van der Waals surface area contributed by atoms with Crippen molar-refractivity contribution in [2.24, 2.45) is 0 Å². The van der Waals surface area contributed by atoms with Crippen molar-refractivity contribution in [3.05, 3.63) is 72.3 Å². The molecule has 0 aromatic heterocycles. The molecule has 0 aliphatic heterocycles. The van der Waals surface area contributed by atoms with Crippen molar-refractivity contribution >= 4 is 15.9 Å². The van der Waals surface area contributed by atoms with E-state index in [4.69, 9.17) is 0 Å². The lowest BCUT2D eigenvalue weighted by molar-refractivity contribution is 1.44. The Labute approximate surface area is 99.9 Å². The second-order valence-electron chi connectivity index (χ2n) is 2.77. The number of halogens is 1. The molecule has 0 bridgehead atoms. The van der Waals surface area contributed by atoms with Crippen LogP contribution in [0.15, 0.2) is 66.7 Å². The first-order chi connectivity index (χ1) is 6.93. The lowest BCUT2D eigenvalue weighted by atomic mass is 10.2. The SMILES string of the molecule is BrCc1ccccc1.N.c1ccccc1. The molecular formula is C13H16BrN. The van der Waals surface area contributed by atoms with Crippen LogP contribution in [0.4, 0.5) is 0 Å². The van der Waals surface area contributed by atoms with E-state index in [1.165, 1.54) is 5.56 Å². The summed E-state index contributed by atoms with van der Waals surface area (Å²) in [4.78, 5) is 0. The molecule has 0 spiro atoms. The molecule has 0 heterocycles. The van der Waals surface area contributed by atoms with Crippen LogP contribution >= 0.6 is 15.9 Å². The Kier molecular flexibility index (Phi) is 8.73. The van der Waals surface area contributed by atoms with Crippen LogP contribution in [-0.2, 0) is 5.33 Å². The number of benzene rings is 2. The average Bonchev–Trinajstić information content (AvgIpc) is 2.33. The molecular weight excluding hydrogens is 250 g/mol. The maximum Gasteiger partial charge on any atom is 0.0283 e. The highest BCUT2D eigenvalue weighted by molar-refractivity contribution is 9.08. The third-order valence-electron chi connectivity index (χ3n) is 1.66.